The first kappa shape index (κ1) is 23.1. The van der Waals surface area contributed by atoms with Crippen LogP contribution in [0.1, 0.15) is 46.4 Å². The van der Waals surface area contributed by atoms with Crippen molar-refractivity contribution in [2.24, 2.45) is 0 Å². The lowest BCUT2D eigenvalue weighted by Gasteiger charge is -2.29. The predicted molar refractivity (Wildman–Crippen MR) is 137 cm³/mol. The molecule has 34 heavy (non-hydrogen) atoms. The van der Waals surface area contributed by atoms with E-state index in [-0.39, 0.29) is 11.9 Å². The number of fused-ring (bicyclic) bond motifs is 2. The Hall–Kier alpha value is -2.67. The molecule has 1 aromatic heterocycles. The Labute approximate surface area is 206 Å². The van der Waals surface area contributed by atoms with Gasteiger partial charge in [0, 0.05) is 42.3 Å². The largest absolute Gasteiger partial charge is 0.467 e. The molecule has 5 rings (SSSR count). The summed E-state index contributed by atoms with van der Waals surface area (Å²) in [7, 11) is 4.30. The summed E-state index contributed by atoms with van der Waals surface area (Å²) in [6, 6.07) is 8.51. The number of halogens is 1. The van der Waals surface area contributed by atoms with E-state index in [4.69, 9.17) is 27.1 Å². The summed E-state index contributed by atoms with van der Waals surface area (Å²) in [6.07, 6.45) is 3.46. The minimum atomic E-state index is -0.295. The van der Waals surface area contributed by atoms with Crippen molar-refractivity contribution in [3.63, 3.8) is 0 Å². The molecule has 0 bridgehead atoms. The maximum atomic E-state index is 6.66. The summed E-state index contributed by atoms with van der Waals surface area (Å²) in [5, 5.41) is 0.716. The number of aryl methyl sites for hydroxylation is 1. The van der Waals surface area contributed by atoms with E-state index in [0.29, 0.717) is 10.9 Å². The number of anilines is 1. The minimum Gasteiger partial charge on any atom is -0.467 e. The van der Waals surface area contributed by atoms with Crippen molar-refractivity contribution in [2.45, 2.75) is 45.9 Å². The monoisotopic (exact) mass is 477 g/mol. The van der Waals surface area contributed by atoms with Crippen molar-refractivity contribution < 1.29 is 4.74 Å². The first-order chi connectivity index (χ1) is 16.3. The molecule has 2 N–H and O–H groups in total. The van der Waals surface area contributed by atoms with Gasteiger partial charge in [-0.15, -0.1) is 0 Å². The number of hydrogen-bond donors (Lipinski definition) is 1. The third-order valence-electron chi connectivity index (χ3n) is 7.09. The van der Waals surface area contributed by atoms with Crippen LogP contribution in [0.15, 0.2) is 30.5 Å². The highest BCUT2D eigenvalue weighted by atomic mass is 35.5. The van der Waals surface area contributed by atoms with Gasteiger partial charge in [0.2, 0.25) is 0 Å². The molecule has 0 saturated heterocycles. The Bertz CT molecular complexity index is 1240. The quantitative estimate of drug-likeness (QED) is 0.582. The Morgan fingerprint density at radius 2 is 1.74 bits per heavy atom. The van der Waals surface area contributed by atoms with Gasteiger partial charge in [-0.05, 0) is 86.8 Å². The summed E-state index contributed by atoms with van der Waals surface area (Å²) in [5.74, 6) is 0.629. The average molecular weight is 478 g/mol. The number of ether oxygens (including phenoxy) is 1. The molecule has 178 valence electrons. The smallest absolute Gasteiger partial charge is 0.258 e. The zero-order chi connectivity index (χ0) is 24.0. The number of nitrogens with two attached hydrogens (primary N) is 1. The summed E-state index contributed by atoms with van der Waals surface area (Å²) >= 11 is 6.66. The molecule has 6 nitrogen and oxygen atoms in total. The molecular weight excluding hydrogens is 446 g/mol. The first-order valence-electron chi connectivity index (χ1n) is 11.9. The molecule has 2 aliphatic rings. The Morgan fingerprint density at radius 1 is 1.03 bits per heavy atom. The maximum absolute atomic E-state index is 6.66. The number of likely N-dealkylation sites (N-methyl/N-ethyl adjacent to an activating group) is 2. The third kappa shape index (κ3) is 4.38. The fourth-order valence-electron chi connectivity index (χ4n) is 5.28. The van der Waals surface area contributed by atoms with Crippen molar-refractivity contribution in [2.75, 3.05) is 32.9 Å². The molecule has 3 heterocycles. The molecule has 0 aliphatic carbocycles. The molecule has 3 aromatic rings. The number of hydrogen-bond acceptors (Lipinski definition) is 6. The van der Waals surface area contributed by atoms with Crippen molar-refractivity contribution in [3.8, 4) is 17.1 Å². The van der Waals surface area contributed by atoms with E-state index < -0.39 is 0 Å². The van der Waals surface area contributed by atoms with Gasteiger partial charge in [0.25, 0.3) is 5.88 Å². The van der Waals surface area contributed by atoms with Gasteiger partial charge in [-0.1, -0.05) is 17.7 Å². The van der Waals surface area contributed by atoms with Crippen LogP contribution >= 0.6 is 11.6 Å². The highest BCUT2D eigenvalue weighted by molar-refractivity contribution is 6.31. The van der Waals surface area contributed by atoms with Gasteiger partial charge in [-0.25, -0.2) is 9.97 Å². The van der Waals surface area contributed by atoms with Crippen LogP contribution in [-0.2, 0) is 25.9 Å². The summed E-state index contributed by atoms with van der Waals surface area (Å²) < 4.78 is 6.32. The zero-order valence-corrected chi connectivity index (χ0v) is 21.1. The van der Waals surface area contributed by atoms with E-state index in [1.165, 1.54) is 27.8 Å². The van der Waals surface area contributed by atoms with Crippen LogP contribution in [0.4, 0.5) is 5.82 Å². The van der Waals surface area contributed by atoms with Crippen molar-refractivity contribution in [1.29, 1.82) is 0 Å². The zero-order valence-electron chi connectivity index (χ0n) is 20.4. The lowest BCUT2D eigenvalue weighted by molar-refractivity contribution is 0.215. The fourth-order valence-corrected chi connectivity index (χ4v) is 5.61. The van der Waals surface area contributed by atoms with Crippen LogP contribution in [0.2, 0.25) is 5.02 Å². The van der Waals surface area contributed by atoms with Crippen LogP contribution in [-0.4, -0.2) is 47.0 Å². The lowest BCUT2D eigenvalue weighted by atomic mass is 9.92. The van der Waals surface area contributed by atoms with Gasteiger partial charge in [0.05, 0.1) is 11.9 Å². The van der Waals surface area contributed by atoms with Gasteiger partial charge in [0.1, 0.15) is 6.10 Å². The fraction of sp³-hybridized carbons (Fsp3) is 0.407. The Morgan fingerprint density at radius 3 is 2.50 bits per heavy atom. The Kier molecular flexibility index (Phi) is 6.23. The molecule has 0 radical (unpaired) electrons. The highest BCUT2D eigenvalue weighted by Gasteiger charge is 2.24. The normalized spacial score (nSPS) is 17.2. The first-order valence-corrected chi connectivity index (χ1v) is 12.3. The summed E-state index contributed by atoms with van der Waals surface area (Å²) in [4.78, 5) is 13.9. The van der Waals surface area contributed by atoms with Gasteiger partial charge < -0.3 is 20.3 Å². The number of nitrogens with zero attached hydrogens (tertiary/aromatic N) is 4. The molecule has 0 saturated carbocycles. The van der Waals surface area contributed by atoms with E-state index in [1.807, 2.05) is 13.0 Å². The third-order valence-corrected chi connectivity index (χ3v) is 7.42. The van der Waals surface area contributed by atoms with E-state index in [1.54, 1.807) is 6.20 Å². The predicted octanol–water partition coefficient (Wildman–Crippen LogP) is 4.80. The molecule has 1 atom stereocenters. The molecule has 1 unspecified atom stereocenters. The molecule has 0 fully saturated rings. The minimum absolute atomic E-state index is 0.283. The molecule has 7 heteroatoms. The van der Waals surface area contributed by atoms with Crippen molar-refractivity contribution in [3.05, 3.63) is 68.9 Å². The number of nitrogen functional groups attached to an aromatic ring is 1. The average Bonchev–Trinajstić information content (AvgIpc) is 2.80. The van der Waals surface area contributed by atoms with Crippen molar-refractivity contribution in [1.82, 2.24) is 19.8 Å². The Balaban J connectivity index is 1.47. The van der Waals surface area contributed by atoms with Gasteiger partial charge in [0.15, 0.2) is 5.82 Å². The second-order valence-corrected chi connectivity index (χ2v) is 10.1. The molecule has 0 amide bonds. The van der Waals surface area contributed by atoms with Crippen molar-refractivity contribution >= 4 is 17.4 Å². The van der Waals surface area contributed by atoms with Gasteiger partial charge in [-0.2, -0.15) is 0 Å². The van der Waals surface area contributed by atoms with Crippen LogP contribution in [0, 0.1) is 6.92 Å². The van der Waals surface area contributed by atoms with E-state index in [0.717, 1.165) is 55.8 Å². The van der Waals surface area contributed by atoms with E-state index >= 15 is 0 Å². The molecule has 2 aliphatic heterocycles. The molecular formula is C27H32ClN5O. The molecule has 0 spiro atoms. The SMILES string of the molecule is Cc1cc(-c2cnc(N)c(OC(C)c3c(Cl)ccc4c3CCN(C)C4)n2)cc2c1CCN(C)C2. The van der Waals surface area contributed by atoms with Crippen LogP contribution < -0.4 is 10.5 Å². The second-order valence-electron chi connectivity index (χ2n) is 9.71. The van der Waals surface area contributed by atoms with Crippen LogP contribution in [0.3, 0.4) is 0 Å². The summed E-state index contributed by atoms with van der Waals surface area (Å²) in [6.45, 7) is 8.13. The van der Waals surface area contributed by atoms with E-state index in [9.17, 15) is 0 Å². The number of aromatic nitrogens is 2. The van der Waals surface area contributed by atoms with Gasteiger partial charge >= 0.3 is 0 Å². The second kappa shape index (κ2) is 9.17. The standard InChI is InChI=1S/C27H32ClN5O/c1-16-11-19(12-20-15-33(4)9-7-21(16)20)24-13-30-26(29)27(31-24)34-17(2)25-22-8-10-32(3)14-18(22)5-6-23(25)28/h5-6,11-13,17H,7-10,14-15H2,1-4H3,(H2,29,30). The number of rotatable bonds is 4. The van der Waals surface area contributed by atoms with E-state index in [2.05, 4.69) is 54.0 Å². The summed E-state index contributed by atoms with van der Waals surface area (Å²) in [5.41, 5.74) is 15.7. The number of benzene rings is 2. The van der Waals surface area contributed by atoms with Crippen LogP contribution in [0.25, 0.3) is 11.3 Å². The maximum Gasteiger partial charge on any atom is 0.258 e. The lowest BCUT2D eigenvalue weighted by Crippen LogP contribution is -2.28. The van der Waals surface area contributed by atoms with Crippen LogP contribution in [0.5, 0.6) is 5.88 Å². The topological polar surface area (TPSA) is 67.5 Å². The highest BCUT2D eigenvalue weighted by Crippen LogP contribution is 2.36. The van der Waals surface area contributed by atoms with Gasteiger partial charge in [-0.3, -0.25) is 0 Å². The molecule has 2 aromatic carbocycles.